The van der Waals surface area contributed by atoms with E-state index in [1.165, 1.54) is 6.07 Å². The molecule has 1 atom stereocenters. The molecule has 0 bridgehead atoms. The highest BCUT2D eigenvalue weighted by molar-refractivity contribution is 5.80. The third-order valence-corrected chi connectivity index (χ3v) is 4.65. The van der Waals surface area contributed by atoms with E-state index < -0.39 is 17.2 Å². The van der Waals surface area contributed by atoms with Crippen molar-refractivity contribution in [3.63, 3.8) is 0 Å². The Morgan fingerprint density at radius 1 is 1.31 bits per heavy atom. The van der Waals surface area contributed by atoms with Crippen molar-refractivity contribution < 1.29 is 22.8 Å². The van der Waals surface area contributed by atoms with Gasteiger partial charge in [-0.25, -0.2) is 8.78 Å². The minimum Gasteiger partial charge on any atom is -0.469 e. The normalized spacial score (nSPS) is 19.4. The van der Waals surface area contributed by atoms with Gasteiger partial charge in [0.05, 0.1) is 6.26 Å². The van der Waals surface area contributed by atoms with Crippen molar-refractivity contribution in [1.29, 1.82) is 0 Å². The Morgan fingerprint density at radius 3 is 2.81 bits per heavy atom. The van der Waals surface area contributed by atoms with Crippen LogP contribution in [0.2, 0.25) is 0 Å². The third-order valence-electron chi connectivity index (χ3n) is 4.65. The quantitative estimate of drug-likeness (QED) is 0.796. The van der Waals surface area contributed by atoms with Crippen LogP contribution in [0.15, 0.2) is 41.0 Å². The van der Waals surface area contributed by atoms with E-state index in [4.69, 9.17) is 4.42 Å². The first-order valence-corrected chi connectivity index (χ1v) is 8.50. The van der Waals surface area contributed by atoms with E-state index in [1.54, 1.807) is 12.3 Å². The third kappa shape index (κ3) is 4.47. The predicted octanol–water partition coefficient (Wildman–Crippen LogP) is 2.85. The SMILES string of the molecule is O=C(CC[C@]1(Cc2ccco2)CCC(=O)N1)NCc1ccc(F)cc1F. The number of halogens is 2. The van der Waals surface area contributed by atoms with Gasteiger partial charge in [0, 0.05) is 43.0 Å². The number of amides is 2. The summed E-state index contributed by atoms with van der Waals surface area (Å²) in [6.45, 7) is -0.0114. The Labute approximate surface area is 149 Å². The van der Waals surface area contributed by atoms with Crippen molar-refractivity contribution in [2.45, 2.75) is 44.2 Å². The summed E-state index contributed by atoms with van der Waals surface area (Å²) in [6.07, 6.45) is 3.78. The van der Waals surface area contributed by atoms with Crippen LogP contribution in [-0.2, 0) is 22.6 Å². The van der Waals surface area contributed by atoms with Gasteiger partial charge < -0.3 is 15.1 Å². The van der Waals surface area contributed by atoms with Gasteiger partial charge in [0.2, 0.25) is 11.8 Å². The van der Waals surface area contributed by atoms with Crippen LogP contribution in [0.1, 0.15) is 37.0 Å². The first-order valence-electron chi connectivity index (χ1n) is 8.50. The summed E-state index contributed by atoms with van der Waals surface area (Å²) in [5, 5.41) is 5.60. The molecule has 5 nitrogen and oxygen atoms in total. The Bertz CT molecular complexity index is 792. The van der Waals surface area contributed by atoms with E-state index in [9.17, 15) is 18.4 Å². The highest BCUT2D eigenvalue weighted by Crippen LogP contribution is 2.29. The Hall–Kier alpha value is -2.70. The summed E-state index contributed by atoms with van der Waals surface area (Å²) in [6, 6.07) is 6.86. The molecule has 1 fully saturated rings. The number of hydrogen-bond acceptors (Lipinski definition) is 3. The zero-order valence-corrected chi connectivity index (χ0v) is 14.2. The molecule has 2 heterocycles. The molecule has 138 valence electrons. The lowest BCUT2D eigenvalue weighted by atomic mass is 9.87. The standard InChI is InChI=1S/C19H20F2N2O3/c20-14-4-3-13(16(21)10-14)12-22-17(24)5-7-19(8-6-18(25)23-19)11-15-2-1-9-26-15/h1-4,9-10H,5-8,11-12H2,(H,22,24)(H,23,25)/t19-/m1/s1. The van der Waals surface area contributed by atoms with Gasteiger partial charge in [-0.15, -0.1) is 0 Å². The van der Waals surface area contributed by atoms with Crippen LogP contribution in [0.25, 0.3) is 0 Å². The highest BCUT2D eigenvalue weighted by Gasteiger charge is 2.38. The van der Waals surface area contributed by atoms with E-state index in [0.717, 1.165) is 17.9 Å². The van der Waals surface area contributed by atoms with Gasteiger partial charge in [0.25, 0.3) is 0 Å². The molecule has 0 saturated carbocycles. The minimum absolute atomic E-state index is 0.0114. The van der Waals surface area contributed by atoms with Crippen LogP contribution in [0.4, 0.5) is 8.78 Å². The van der Waals surface area contributed by atoms with E-state index in [0.29, 0.717) is 25.7 Å². The first-order chi connectivity index (χ1) is 12.5. The second-order valence-electron chi connectivity index (χ2n) is 6.60. The lowest BCUT2D eigenvalue weighted by Gasteiger charge is -2.28. The van der Waals surface area contributed by atoms with Crippen molar-refractivity contribution in [2.24, 2.45) is 0 Å². The molecule has 1 aromatic carbocycles. The molecule has 3 rings (SSSR count). The van der Waals surface area contributed by atoms with Gasteiger partial charge in [-0.3, -0.25) is 9.59 Å². The van der Waals surface area contributed by atoms with Gasteiger partial charge in [0.15, 0.2) is 0 Å². The van der Waals surface area contributed by atoms with Crippen LogP contribution in [-0.4, -0.2) is 17.4 Å². The Kier molecular flexibility index (Phi) is 5.35. The van der Waals surface area contributed by atoms with Crippen molar-refractivity contribution in [3.8, 4) is 0 Å². The smallest absolute Gasteiger partial charge is 0.220 e. The van der Waals surface area contributed by atoms with E-state index in [2.05, 4.69) is 10.6 Å². The van der Waals surface area contributed by atoms with E-state index >= 15 is 0 Å². The fourth-order valence-corrected chi connectivity index (χ4v) is 3.23. The summed E-state index contributed by atoms with van der Waals surface area (Å²) >= 11 is 0. The predicted molar refractivity (Wildman–Crippen MR) is 90.0 cm³/mol. The monoisotopic (exact) mass is 362 g/mol. The number of furan rings is 1. The van der Waals surface area contributed by atoms with Gasteiger partial charge in [-0.05, 0) is 31.0 Å². The molecule has 2 N–H and O–H groups in total. The molecule has 1 aliphatic rings. The molecular weight excluding hydrogens is 342 g/mol. The largest absolute Gasteiger partial charge is 0.469 e. The topological polar surface area (TPSA) is 71.3 Å². The molecule has 0 aliphatic carbocycles. The number of carbonyl (C=O) groups is 2. The average Bonchev–Trinajstić information content (AvgIpc) is 3.23. The van der Waals surface area contributed by atoms with E-state index in [1.807, 2.05) is 6.07 Å². The lowest BCUT2D eigenvalue weighted by molar-refractivity contribution is -0.123. The number of rotatable bonds is 7. The summed E-state index contributed by atoms with van der Waals surface area (Å²) < 4.78 is 31.9. The van der Waals surface area contributed by atoms with Crippen molar-refractivity contribution in [3.05, 3.63) is 59.6 Å². The molecule has 7 heteroatoms. The second-order valence-corrected chi connectivity index (χ2v) is 6.60. The summed E-state index contributed by atoms with van der Waals surface area (Å²) in [5.74, 6) is -0.892. The zero-order chi connectivity index (χ0) is 18.6. The molecule has 1 saturated heterocycles. The summed E-state index contributed by atoms with van der Waals surface area (Å²) in [5.41, 5.74) is -0.285. The number of nitrogens with one attached hydrogen (secondary N) is 2. The van der Waals surface area contributed by atoms with Crippen molar-refractivity contribution in [1.82, 2.24) is 10.6 Å². The van der Waals surface area contributed by atoms with Crippen molar-refractivity contribution >= 4 is 11.8 Å². The van der Waals surface area contributed by atoms with Crippen LogP contribution in [0.3, 0.4) is 0 Å². The fourth-order valence-electron chi connectivity index (χ4n) is 3.23. The molecule has 2 aromatic rings. The molecule has 26 heavy (non-hydrogen) atoms. The number of hydrogen-bond donors (Lipinski definition) is 2. The highest BCUT2D eigenvalue weighted by atomic mass is 19.1. The minimum atomic E-state index is -0.692. The average molecular weight is 362 g/mol. The molecule has 0 radical (unpaired) electrons. The van der Waals surface area contributed by atoms with Crippen LogP contribution >= 0.6 is 0 Å². The maximum absolute atomic E-state index is 13.6. The molecular formula is C19H20F2N2O3. The number of benzene rings is 1. The fraction of sp³-hybridized carbons (Fsp3) is 0.368. The molecule has 2 amide bonds. The van der Waals surface area contributed by atoms with Gasteiger partial charge in [0.1, 0.15) is 17.4 Å². The maximum Gasteiger partial charge on any atom is 0.220 e. The Morgan fingerprint density at radius 2 is 2.15 bits per heavy atom. The van der Waals surface area contributed by atoms with Crippen LogP contribution < -0.4 is 10.6 Å². The van der Waals surface area contributed by atoms with Gasteiger partial charge in [-0.1, -0.05) is 6.07 Å². The molecule has 0 unspecified atom stereocenters. The first kappa shape index (κ1) is 18.1. The second kappa shape index (κ2) is 7.68. The molecule has 1 aliphatic heterocycles. The zero-order valence-electron chi connectivity index (χ0n) is 14.2. The van der Waals surface area contributed by atoms with Crippen molar-refractivity contribution in [2.75, 3.05) is 0 Å². The maximum atomic E-state index is 13.6. The number of carbonyl (C=O) groups excluding carboxylic acids is 2. The van der Waals surface area contributed by atoms with Crippen LogP contribution in [0.5, 0.6) is 0 Å². The Balaban J connectivity index is 1.55. The summed E-state index contributed by atoms with van der Waals surface area (Å²) in [7, 11) is 0. The van der Waals surface area contributed by atoms with Crippen LogP contribution in [0, 0.1) is 11.6 Å². The lowest BCUT2D eigenvalue weighted by Crippen LogP contribution is -2.44. The molecule has 0 spiro atoms. The van der Waals surface area contributed by atoms with Gasteiger partial charge in [-0.2, -0.15) is 0 Å². The molecule has 1 aromatic heterocycles. The summed E-state index contributed by atoms with van der Waals surface area (Å²) in [4.78, 5) is 23.8. The van der Waals surface area contributed by atoms with E-state index in [-0.39, 0.29) is 30.3 Å². The van der Waals surface area contributed by atoms with Gasteiger partial charge >= 0.3 is 0 Å².